The van der Waals surface area contributed by atoms with Crippen molar-refractivity contribution in [3.8, 4) is 0 Å². The maximum absolute atomic E-state index is 11.6. The van der Waals surface area contributed by atoms with Crippen LogP contribution in [0.5, 0.6) is 0 Å². The SMILES string of the molecule is O=C(NCc1cncs1)NC1CCCCC1. The molecule has 5 heteroatoms. The summed E-state index contributed by atoms with van der Waals surface area (Å²) in [5.74, 6) is 0. The van der Waals surface area contributed by atoms with Gasteiger partial charge >= 0.3 is 6.03 Å². The number of rotatable bonds is 3. The summed E-state index contributed by atoms with van der Waals surface area (Å²) in [5.41, 5.74) is 1.77. The van der Waals surface area contributed by atoms with Gasteiger partial charge in [-0.05, 0) is 12.8 Å². The van der Waals surface area contributed by atoms with Crippen LogP contribution >= 0.6 is 11.3 Å². The molecule has 1 aromatic heterocycles. The number of aromatic nitrogens is 1. The number of nitrogens with one attached hydrogen (secondary N) is 2. The quantitative estimate of drug-likeness (QED) is 0.850. The van der Waals surface area contributed by atoms with E-state index in [0.29, 0.717) is 12.6 Å². The van der Waals surface area contributed by atoms with Crippen molar-refractivity contribution in [2.24, 2.45) is 0 Å². The fourth-order valence-corrected chi connectivity index (χ4v) is 2.51. The third-order valence-electron chi connectivity index (χ3n) is 2.85. The lowest BCUT2D eigenvalue weighted by Crippen LogP contribution is -2.42. The van der Waals surface area contributed by atoms with E-state index in [2.05, 4.69) is 15.6 Å². The van der Waals surface area contributed by atoms with Gasteiger partial charge in [0.25, 0.3) is 0 Å². The van der Waals surface area contributed by atoms with Crippen molar-refractivity contribution in [3.05, 3.63) is 16.6 Å². The van der Waals surface area contributed by atoms with Gasteiger partial charge in [-0.15, -0.1) is 11.3 Å². The summed E-state index contributed by atoms with van der Waals surface area (Å²) in [7, 11) is 0. The Morgan fingerprint density at radius 1 is 1.44 bits per heavy atom. The lowest BCUT2D eigenvalue weighted by molar-refractivity contribution is 0.232. The monoisotopic (exact) mass is 239 g/mol. The molecule has 0 bridgehead atoms. The molecule has 1 aromatic rings. The molecule has 2 N–H and O–H groups in total. The van der Waals surface area contributed by atoms with E-state index in [1.54, 1.807) is 23.0 Å². The first-order chi connectivity index (χ1) is 7.84. The molecule has 1 aliphatic carbocycles. The number of hydrogen-bond acceptors (Lipinski definition) is 3. The number of thiazole rings is 1. The molecular weight excluding hydrogens is 222 g/mol. The van der Waals surface area contributed by atoms with Crippen LogP contribution in [0.4, 0.5) is 4.79 Å². The molecule has 4 nitrogen and oxygen atoms in total. The molecule has 1 saturated carbocycles. The molecular formula is C11H17N3OS. The summed E-state index contributed by atoms with van der Waals surface area (Å²) in [6.45, 7) is 0.573. The van der Waals surface area contributed by atoms with Crippen molar-refractivity contribution < 1.29 is 4.79 Å². The largest absolute Gasteiger partial charge is 0.335 e. The Labute approximate surface area is 99.5 Å². The van der Waals surface area contributed by atoms with Crippen molar-refractivity contribution in [3.63, 3.8) is 0 Å². The smallest absolute Gasteiger partial charge is 0.315 e. The van der Waals surface area contributed by atoms with Crippen molar-refractivity contribution >= 4 is 17.4 Å². The van der Waals surface area contributed by atoms with Crippen LogP contribution in [-0.2, 0) is 6.54 Å². The zero-order valence-electron chi connectivity index (χ0n) is 9.24. The molecule has 1 fully saturated rings. The van der Waals surface area contributed by atoms with E-state index in [9.17, 15) is 4.79 Å². The summed E-state index contributed by atoms with van der Waals surface area (Å²) in [5, 5.41) is 5.87. The number of urea groups is 1. The molecule has 0 atom stereocenters. The van der Waals surface area contributed by atoms with Crippen LogP contribution in [0.2, 0.25) is 0 Å². The molecule has 0 aliphatic heterocycles. The first kappa shape index (κ1) is 11.4. The molecule has 1 heterocycles. The van der Waals surface area contributed by atoms with E-state index < -0.39 is 0 Å². The van der Waals surface area contributed by atoms with Crippen LogP contribution in [-0.4, -0.2) is 17.1 Å². The van der Waals surface area contributed by atoms with E-state index in [-0.39, 0.29) is 6.03 Å². The van der Waals surface area contributed by atoms with Gasteiger partial charge in [-0.3, -0.25) is 4.98 Å². The van der Waals surface area contributed by atoms with Gasteiger partial charge in [0.1, 0.15) is 0 Å². The first-order valence-corrected chi connectivity index (χ1v) is 6.64. The summed E-state index contributed by atoms with van der Waals surface area (Å²) in [6, 6.07) is 0.315. The highest BCUT2D eigenvalue weighted by Gasteiger charge is 2.15. The second-order valence-electron chi connectivity index (χ2n) is 4.13. The molecule has 16 heavy (non-hydrogen) atoms. The lowest BCUT2D eigenvalue weighted by atomic mass is 9.96. The second-order valence-corrected chi connectivity index (χ2v) is 5.10. The van der Waals surface area contributed by atoms with Crippen LogP contribution in [0, 0.1) is 0 Å². The number of carbonyl (C=O) groups excluding carboxylic acids is 1. The van der Waals surface area contributed by atoms with Gasteiger partial charge in [-0.1, -0.05) is 19.3 Å². The fraction of sp³-hybridized carbons (Fsp3) is 0.636. The van der Waals surface area contributed by atoms with Gasteiger partial charge < -0.3 is 10.6 Å². The number of amides is 2. The third-order valence-corrected chi connectivity index (χ3v) is 3.63. The summed E-state index contributed by atoms with van der Waals surface area (Å²) in [6.07, 6.45) is 7.80. The number of nitrogens with zero attached hydrogens (tertiary/aromatic N) is 1. The van der Waals surface area contributed by atoms with Crippen molar-refractivity contribution in [1.29, 1.82) is 0 Å². The molecule has 0 aromatic carbocycles. The molecule has 0 saturated heterocycles. The predicted molar refractivity (Wildman–Crippen MR) is 64.4 cm³/mol. The topological polar surface area (TPSA) is 54.0 Å². The highest BCUT2D eigenvalue weighted by atomic mass is 32.1. The van der Waals surface area contributed by atoms with E-state index in [1.807, 2.05) is 0 Å². The minimum atomic E-state index is -0.0553. The van der Waals surface area contributed by atoms with Crippen LogP contribution in [0.3, 0.4) is 0 Å². The minimum absolute atomic E-state index is 0.0553. The second kappa shape index (κ2) is 5.84. The van der Waals surface area contributed by atoms with Crippen LogP contribution < -0.4 is 10.6 Å². The molecule has 0 spiro atoms. The van der Waals surface area contributed by atoms with Gasteiger partial charge in [0.05, 0.1) is 12.1 Å². The zero-order valence-corrected chi connectivity index (χ0v) is 10.1. The van der Waals surface area contributed by atoms with Crippen molar-refractivity contribution in [2.75, 3.05) is 0 Å². The standard InChI is InChI=1S/C11H17N3OS/c15-11(13-7-10-6-12-8-16-10)14-9-4-2-1-3-5-9/h6,8-9H,1-5,7H2,(H2,13,14,15). The van der Waals surface area contributed by atoms with Crippen LogP contribution in [0.25, 0.3) is 0 Å². The Morgan fingerprint density at radius 2 is 2.25 bits per heavy atom. The first-order valence-electron chi connectivity index (χ1n) is 5.76. The van der Waals surface area contributed by atoms with Gasteiger partial charge in [0, 0.05) is 17.1 Å². The minimum Gasteiger partial charge on any atom is -0.335 e. The molecule has 2 amide bonds. The van der Waals surface area contributed by atoms with E-state index in [4.69, 9.17) is 0 Å². The Morgan fingerprint density at radius 3 is 2.94 bits per heavy atom. The van der Waals surface area contributed by atoms with Gasteiger partial charge in [0.2, 0.25) is 0 Å². The molecule has 2 rings (SSSR count). The Kier molecular flexibility index (Phi) is 4.16. The lowest BCUT2D eigenvalue weighted by Gasteiger charge is -2.22. The average Bonchev–Trinajstić information content (AvgIpc) is 2.81. The highest BCUT2D eigenvalue weighted by molar-refractivity contribution is 7.09. The van der Waals surface area contributed by atoms with Crippen LogP contribution in [0.1, 0.15) is 37.0 Å². The third kappa shape index (κ3) is 3.48. The molecule has 0 radical (unpaired) electrons. The maximum atomic E-state index is 11.6. The van der Waals surface area contributed by atoms with E-state index in [1.165, 1.54) is 19.3 Å². The average molecular weight is 239 g/mol. The predicted octanol–water partition coefficient (Wildman–Crippen LogP) is 2.28. The maximum Gasteiger partial charge on any atom is 0.315 e. The summed E-state index contributed by atoms with van der Waals surface area (Å²) < 4.78 is 0. The van der Waals surface area contributed by atoms with Gasteiger partial charge in [-0.2, -0.15) is 0 Å². The molecule has 1 aliphatic rings. The molecule has 88 valence electrons. The van der Waals surface area contributed by atoms with Crippen molar-refractivity contribution in [1.82, 2.24) is 15.6 Å². The fourth-order valence-electron chi connectivity index (χ4n) is 1.98. The van der Waals surface area contributed by atoms with Crippen molar-refractivity contribution in [2.45, 2.75) is 44.7 Å². The molecule has 0 unspecified atom stereocenters. The van der Waals surface area contributed by atoms with E-state index >= 15 is 0 Å². The van der Waals surface area contributed by atoms with E-state index in [0.717, 1.165) is 17.7 Å². The van der Waals surface area contributed by atoms with Crippen LogP contribution in [0.15, 0.2) is 11.7 Å². The normalized spacial score (nSPS) is 17.0. The summed E-state index contributed by atoms with van der Waals surface area (Å²) >= 11 is 1.56. The van der Waals surface area contributed by atoms with Gasteiger partial charge in [0.15, 0.2) is 0 Å². The highest BCUT2D eigenvalue weighted by Crippen LogP contribution is 2.17. The number of hydrogen-bond donors (Lipinski definition) is 2. The Balaban J connectivity index is 1.67. The zero-order chi connectivity index (χ0) is 11.2. The number of carbonyl (C=O) groups is 1. The summed E-state index contributed by atoms with van der Waals surface area (Å²) in [4.78, 5) is 16.6. The Bertz CT molecular complexity index is 320. The van der Waals surface area contributed by atoms with Gasteiger partial charge in [-0.25, -0.2) is 4.79 Å². The Hall–Kier alpha value is -1.10.